The van der Waals surface area contributed by atoms with Crippen LogP contribution >= 0.6 is 0 Å². The molecule has 2 aliphatic heterocycles. The molecule has 1 aromatic rings. The van der Waals surface area contributed by atoms with Gasteiger partial charge in [0.25, 0.3) is 5.91 Å². The van der Waals surface area contributed by atoms with E-state index >= 15 is 0 Å². The van der Waals surface area contributed by atoms with Gasteiger partial charge in [-0.2, -0.15) is 4.31 Å². The van der Waals surface area contributed by atoms with E-state index in [4.69, 9.17) is 0 Å². The van der Waals surface area contributed by atoms with E-state index < -0.39 is 21.6 Å². The van der Waals surface area contributed by atoms with Gasteiger partial charge in [-0.05, 0) is 44.0 Å². The van der Waals surface area contributed by atoms with Gasteiger partial charge >= 0.3 is 6.03 Å². The Morgan fingerprint density at radius 3 is 2.26 bits per heavy atom. The maximum atomic E-state index is 12.8. The van der Waals surface area contributed by atoms with Crippen LogP contribution in [0.15, 0.2) is 29.2 Å². The van der Waals surface area contributed by atoms with Gasteiger partial charge in [0.15, 0.2) is 0 Å². The first kappa shape index (κ1) is 19.3. The van der Waals surface area contributed by atoms with Gasteiger partial charge in [0, 0.05) is 32.2 Å². The number of benzene rings is 1. The molecular formula is C17H22N4O5S. The fraction of sp³-hybridized carbons (Fsp3) is 0.471. The summed E-state index contributed by atoms with van der Waals surface area (Å²) in [5, 5.41) is 5.32. The van der Waals surface area contributed by atoms with Crippen LogP contribution in [0.3, 0.4) is 0 Å². The minimum atomic E-state index is -3.72. The van der Waals surface area contributed by atoms with Crippen molar-refractivity contribution in [2.45, 2.75) is 37.1 Å². The van der Waals surface area contributed by atoms with E-state index in [9.17, 15) is 22.8 Å². The van der Waals surface area contributed by atoms with Crippen LogP contribution in [0.5, 0.6) is 0 Å². The molecule has 2 aliphatic rings. The SMILES string of the molecule is CCN1C(=O)NC2(CCN(S(=O)(=O)c3ccc(NC(C)=O)cc3)CC2)C1=O. The summed E-state index contributed by atoms with van der Waals surface area (Å²) in [6.07, 6.45) is 0.467. The van der Waals surface area contributed by atoms with Crippen molar-refractivity contribution in [1.82, 2.24) is 14.5 Å². The highest BCUT2D eigenvalue weighted by Gasteiger charge is 2.52. The Morgan fingerprint density at radius 2 is 1.78 bits per heavy atom. The second kappa shape index (κ2) is 6.93. The molecule has 10 heteroatoms. The number of nitrogens with one attached hydrogen (secondary N) is 2. The van der Waals surface area contributed by atoms with E-state index in [1.165, 1.54) is 35.5 Å². The topological polar surface area (TPSA) is 116 Å². The van der Waals surface area contributed by atoms with Crippen LogP contribution in [-0.2, 0) is 19.6 Å². The first-order chi connectivity index (χ1) is 12.7. The number of imide groups is 1. The highest BCUT2D eigenvalue weighted by molar-refractivity contribution is 7.89. The zero-order valence-corrected chi connectivity index (χ0v) is 16.0. The molecule has 3 rings (SSSR count). The average Bonchev–Trinajstić information content (AvgIpc) is 2.84. The molecule has 1 aromatic carbocycles. The van der Waals surface area contributed by atoms with Crippen molar-refractivity contribution in [2.24, 2.45) is 0 Å². The Morgan fingerprint density at radius 1 is 1.19 bits per heavy atom. The average molecular weight is 394 g/mol. The molecule has 27 heavy (non-hydrogen) atoms. The molecule has 0 aromatic heterocycles. The van der Waals surface area contributed by atoms with Gasteiger partial charge in [0.2, 0.25) is 15.9 Å². The number of amides is 4. The predicted octanol–water partition coefficient (Wildman–Crippen LogP) is 0.740. The number of anilines is 1. The fourth-order valence-corrected chi connectivity index (χ4v) is 4.91. The zero-order chi connectivity index (χ0) is 19.8. The van der Waals surface area contributed by atoms with Gasteiger partial charge < -0.3 is 10.6 Å². The number of sulfonamides is 1. The standard InChI is InChI=1S/C17H22N4O5S/c1-3-21-15(23)17(19-16(21)24)8-10-20(11-9-17)27(25,26)14-6-4-13(5-7-14)18-12(2)22/h4-7H,3,8-11H2,1-2H3,(H,18,22)(H,19,24). The third-order valence-corrected chi connectivity index (χ3v) is 6.86. The van der Waals surface area contributed by atoms with Crippen molar-refractivity contribution in [2.75, 3.05) is 25.0 Å². The van der Waals surface area contributed by atoms with Gasteiger partial charge in [-0.1, -0.05) is 0 Å². The molecule has 0 saturated carbocycles. The molecule has 4 amide bonds. The quantitative estimate of drug-likeness (QED) is 0.731. The molecule has 1 spiro atoms. The van der Waals surface area contributed by atoms with Crippen LogP contribution in [0.25, 0.3) is 0 Å². The first-order valence-electron chi connectivity index (χ1n) is 8.71. The third-order valence-electron chi connectivity index (χ3n) is 4.95. The Balaban J connectivity index is 1.73. The molecule has 0 unspecified atom stereocenters. The zero-order valence-electron chi connectivity index (χ0n) is 15.2. The second-order valence-electron chi connectivity index (χ2n) is 6.67. The number of carbonyl (C=O) groups excluding carboxylic acids is 3. The number of likely N-dealkylation sites (N-methyl/N-ethyl adjacent to an activating group) is 1. The minimum Gasteiger partial charge on any atom is -0.326 e. The van der Waals surface area contributed by atoms with E-state index in [1.54, 1.807) is 6.92 Å². The summed E-state index contributed by atoms with van der Waals surface area (Å²) in [6, 6.07) is 5.50. The van der Waals surface area contributed by atoms with E-state index in [1.807, 2.05) is 0 Å². The van der Waals surface area contributed by atoms with E-state index in [-0.39, 0.29) is 49.2 Å². The number of hydrogen-bond donors (Lipinski definition) is 2. The maximum Gasteiger partial charge on any atom is 0.325 e. The second-order valence-corrected chi connectivity index (χ2v) is 8.61. The Labute approximate surface area is 157 Å². The van der Waals surface area contributed by atoms with Crippen LogP contribution < -0.4 is 10.6 Å². The molecule has 2 saturated heterocycles. The molecule has 146 valence electrons. The summed E-state index contributed by atoms with van der Waals surface area (Å²) in [6.45, 7) is 3.66. The third kappa shape index (κ3) is 3.42. The molecule has 0 aliphatic carbocycles. The van der Waals surface area contributed by atoms with E-state index in [0.717, 1.165) is 4.90 Å². The maximum absolute atomic E-state index is 12.8. The molecule has 2 heterocycles. The molecule has 9 nitrogen and oxygen atoms in total. The van der Waals surface area contributed by atoms with Crippen molar-refractivity contribution in [1.29, 1.82) is 0 Å². The Kier molecular flexibility index (Phi) is 4.96. The van der Waals surface area contributed by atoms with Crippen LogP contribution in [-0.4, -0.2) is 60.6 Å². The molecule has 0 radical (unpaired) electrons. The van der Waals surface area contributed by atoms with Gasteiger partial charge in [-0.3, -0.25) is 14.5 Å². The van der Waals surface area contributed by atoms with Crippen molar-refractivity contribution in [3.05, 3.63) is 24.3 Å². The van der Waals surface area contributed by atoms with E-state index in [0.29, 0.717) is 5.69 Å². The normalized spacial score (nSPS) is 20.0. The monoisotopic (exact) mass is 394 g/mol. The Bertz CT molecular complexity index is 873. The lowest BCUT2D eigenvalue weighted by molar-refractivity contribution is -0.132. The molecular weight excluding hydrogens is 372 g/mol. The smallest absolute Gasteiger partial charge is 0.325 e. The van der Waals surface area contributed by atoms with Crippen molar-refractivity contribution in [3.8, 4) is 0 Å². The highest BCUT2D eigenvalue weighted by atomic mass is 32.2. The van der Waals surface area contributed by atoms with Crippen LogP contribution in [0.1, 0.15) is 26.7 Å². The molecule has 2 fully saturated rings. The predicted molar refractivity (Wildman–Crippen MR) is 97.4 cm³/mol. The number of rotatable bonds is 4. The molecule has 0 atom stereocenters. The summed E-state index contributed by atoms with van der Waals surface area (Å²) in [5.41, 5.74) is -0.494. The minimum absolute atomic E-state index is 0.115. The lowest BCUT2D eigenvalue weighted by atomic mass is 9.88. The number of carbonyl (C=O) groups is 3. The number of nitrogens with zero attached hydrogens (tertiary/aromatic N) is 2. The van der Waals surface area contributed by atoms with Crippen molar-refractivity contribution >= 4 is 33.6 Å². The number of piperidine rings is 1. The summed E-state index contributed by atoms with van der Waals surface area (Å²) >= 11 is 0. The van der Waals surface area contributed by atoms with Gasteiger partial charge in [0.1, 0.15) is 5.54 Å². The van der Waals surface area contributed by atoms with Gasteiger partial charge in [0.05, 0.1) is 4.90 Å². The molecule has 0 bridgehead atoms. The lowest BCUT2D eigenvalue weighted by Gasteiger charge is -2.36. The van der Waals surface area contributed by atoms with Gasteiger partial charge in [-0.25, -0.2) is 13.2 Å². The molecule has 2 N–H and O–H groups in total. The van der Waals surface area contributed by atoms with Gasteiger partial charge in [-0.15, -0.1) is 0 Å². The van der Waals surface area contributed by atoms with Crippen LogP contribution in [0, 0.1) is 0 Å². The lowest BCUT2D eigenvalue weighted by Crippen LogP contribution is -2.55. The van der Waals surface area contributed by atoms with Crippen LogP contribution in [0.2, 0.25) is 0 Å². The fourth-order valence-electron chi connectivity index (χ4n) is 3.47. The number of urea groups is 1. The summed E-state index contributed by atoms with van der Waals surface area (Å²) in [4.78, 5) is 36.8. The highest BCUT2D eigenvalue weighted by Crippen LogP contribution is 2.32. The van der Waals surface area contributed by atoms with Crippen LogP contribution in [0.4, 0.5) is 10.5 Å². The summed E-state index contributed by atoms with van der Waals surface area (Å²) < 4.78 is 27.0. The Hall–Kier alpha value is -2.46. The first-order valence-corrected chi connectivity index (χ1v) is 10.2. The summed E-state index contributed by atoms with van der Waals surface area (Å²) in [5.74, 6) is -0.525. The van der Waals surface area contributed by atoms with Crippen molar-refractivity contribution in [3.63, 3.8) is 0 Å². The largest absolute Gasteiger partial charge is 0.326 e. The van der Waals surface area contributed by atoms with E-state index in [2.05, 4.69) is 10.6 Å². The number of hydrogen-bond acceptors (Lipinski definition) is 5. The summed E-state index contributed by atoms with van der Waals surface area (Å²) in [7, 11) is -3.72. The van der Waals surface area contributed by atoms with Crippen molar-refractivity contribution < 1.29 is 22.8 Å².